The summed E-state index contributed by atoms with van der Waals surface area (Å²) in [5, 5.41) is 9.46. The average molecular weight is 238 g/mol. The number of aromatic amines is 1. The van der Waals surface area contributed by atoms with Gasteiger partial charge in [-0.05, 0) is 27.7 Å². The molecule has 4 N–H and O–H groups in total. The van der Waals surface area contributed by atoms with Crippen LogP contribution in [0.2, 0.25) is 0 Å². The lowest BCUT2D eigenvalue weighted by Crippen LogP contribution is -2.46. The number of nitrogens with two attached hydrogens (primary N) is 1. The maximum atomic E-state index is 12.0. The molecule has 6 nitrogen and oxygen atoms in total. The molecule has 6 heteroatoms. The number of carbonyl (C=O) groups is 2. The third-order valence-corrected chi connectivity index (χ3v) is 2.42. The molecular weight excluding hydrogens is 220 g/mol. The quantitative estimate of drug-likeness (QED) is 0.708. The number of hydrogen-bond acceptors (Lipinski definition) is 3. The fourth-order valence-corrected chi connectivity index (χ4v) is 1.74. The number of rotatable bonds is 4. The summed E-state index contributed by atoms with van der Waals surface area (Å²) in [5.74, 6) is -0.698. The van der Waals surface area contributed by atoms with Gasteiger partial charge in [0.25, 0.3) is 5.91 Å². The second kappa shape index (κ2) is 4.57. The molecule has 2 amide bonds. The van der Waals surface area contributed by atoms with Crippen LogP contribution in [0.25, 0.3) is 0 Å². The van der Waals surface area contributed by atoms with Gasteiger partial charge in [0.1, 0.15) is 0 Å². The van der Waals surface area contributed by atoms with Crippen molar-refractivity contribution in [3.63, 3.8) is 0 Å². The first-order valence-electron chi connectivity index (χ1n) is 5.35. The Balaban J connectivity index is 2.83. The smallest absolute Gasteiger partial charge is 0.255 e. The van der Waals surface area contributed by atoms with Gasteiger partial charge in [0, 0.05) is 17.7 Å². The molecule has 0 aliphatic heterocycles. The van der Waals surface area contributed by atoms with E-state index < -0.39 is 11.4 Å². The zero-order chi connectivity index (χ0) is 13.2. The molecule has 0 saturated carbocycles. The standard InChI is InChI=1S/C11H18N4O2/c1-6-9(7(2)15-14-6)10(17)13-11(3,4)5-8(12)16/h5H2,1-4H3,(H2,12,16)(H,13,17)(H,14,15). The van der Waals surface area contributed by atoms with Crippen LogP contribution in [0.5, 0.6) is 0 Å². The molecule has 0 fully saturated rings. The molecule has 0 radical (unpaired) electrons. The highest BCUT2D eigenvalue weighted by atomic mass is 16.2. The molecule has 1 rings (SSSR count). The van der Waals surface area contributed by atoms with Gasteiger partial charge in [-0.15, -0.1) is 0 Å². The Labute approximate surface area is 100.0 Å². The van der Waals surface area contributed by atoms with E-state index in [9.17, 15) is 9.59 Å². The monoisotopic (exact) mass is 238 g/mol. The Morgan fingerprint density at radius 1 is 1.41 bits per heavy atom. The largest absolute Gasteiger partial charge is 0.370 e. The fraction of sp³-hybridized carbons (Fsp3) is 0.545. The first-order chi connectivity index (χ1) is 7.73. The van der Waals surface area contributed by atoms with E-state index in [2.05, 4.69) is 15.5 Å². The Morgan fingerprint density at radius 3 is 2.41 bits per heavy atom. The Kier molecular flexibility index (Phi) is 3.55. The molecule has 94 valence electrons. The SMILES string of the molecule is Cc1n[nH]c(C)c1C(=O)NC(C)(C)CC(N)=O. The van der Waals surface area contributed by atoms with Crippen molar-refractivity contribution < 1.29 is 9.59 Å². The molecule has 1 heterocycles. The highest BCUT2D eigenvalue weighted by Gasteiger charge is 2.25. The van der Waals surface area contributed by atoms with Gasteiger partial charge in [-0.2, -0.15) is 5.10 Å². The lowest BCUT2D eigenvalue weighted by Gasteiger charge is -2.24. The van der Waals surface area contributed by atoms with Gasteiger partial charge < -0.3 is 11.1 Å². The zero-order valence-corrected chi connectivity index (χ0v) is 10.5. The highest BCUT2D eigenvalue weighted by Crippen LogP contribution is 2.13. The second-order valence-corrected chi connectivity index (χ2v) is 4.79. The van der Waals surface area contributed by atoms with Crippen molar-refractivity contribution in [3.8, 4) is 0 Å². The van der Waals surface area contributed by atoms with Gasteiger partial charge in [-0.3, -0.25) is 14.7 Å². The van der Waals surface area contributed by atoms with Gasteiger partial charge in [0.05, 0.1) is 11.3 Å². The predicted octanol–water partition coefficient (Wildman–Crippen LogP) is 0.410. The third-order valence-electron chi connectivity index (χ3n) is 2.42. The van der Waals surface area contributed by atoms with Crippen LogP contribution >= 0.6 is 0 Å². The van der Waals surface area contributed by atoms with Crippen LogP contribution < -0.4 is 11.1 Å². The summed E-state index contributed by atoms with van der Waals surface area (Å²) in [6.07, 6.45) is 0.0920. The Bertz CT molecular complexity index is 429. The van der Waals surface area contributed by atoms with Gasteiger partial charge in [0.2, 0.25) is 5.91 Å². The van der Waals surface area contributed by atoms with E-state index in [-0.39, 0.29) is 12.3 Å². The molecule has 0 bridgehead atoms. The van der Waals surface area contributed by atoms with Crippen LogP contribution in [-0.4, -0.2) is 27.6 Å². The normalized spacial score (nSPS) is 11.3. The van der Waals surface area contributed by atoms with Crippen molar-refractivity contribution in [2.24, 2.45) is 5.73 Å². The summed E-state index contributed by atoms with van der Waals surface area (Å²) in [4.78, 5) is 22.9. The molecule has 0 unspecified atom stereocenters. The van der Waals surface area contributed by atoms with E-state index in [1.54, 1.807) is 27.7 Å². The van der Waals surface area contributed by atoms with Crippen molar-refractivity contribution >= 4 is 11.8 Å². The van der Waals surface area contributed by atoms with E-state index >= 15 is 0 Å². The van der Waals surface area contributed by atoms with Crippen molar-refractivity contribution in [2.45, 2.75) is 39.7 Å². The third kappa shape index (κ3) is 3.30. The number of nitrogens with one attached hydrogen (secondary N) is 2. The minimum atomic E-state index is -0.668. The van der Waals surface area contributed by atoms with Crippen LogP contribution in [0.15, 0.2) is 0 Å². The maximum absolute atomic E-state index is 12.0. The topological polar surface area (TPSA) is 101 Å². The van der Waals surface area contributed by atoms with Crippen LogP contribution in [0.3, 0.4) is 0 Å². The molecule has 1 aromatic rings. The minimum Gasteiger partial charge on any atom is -0.370 e. The van der Waals surface area contributed by atoms with Crippen LogP contribution in [0.1, 0.15) is 42.0 Å². The van der Waals surface area contributed by atoms with Crippen LogP contribution in [0.4, 0.5) is 0 Å². The van der Waals surface area contributed by atoms with Gasteiger partial charge >= 0.3 is 0 Å². The van der Waals surface area contributed by atoms with Crippen molar-refractivity contribution in [2.75, 3.05) is 0 Å². The van der Waals surface area contributed by atoms with Gasteiger partial charge in [-0.25, -0.2) is 0 Å². The number of carbonyl (C=O) groups excluding carboxylic acids is 2. The molecule has 17 heavy (non-hydrogen) atoms. The number of aromatic nitrogens is 2. The molecule has 0 aromatic carbocycles. The number of nitrogens with zero attached hydrogens (tertiary/aromatic N) is 1. The fourth-order valence-electron chi connectivity index (χ4n) is 1.74. The summed E-state index contributed by atoms with van der Waals surface area (Å²) < 4.78 is 0. The van der Waals surface area contributed by atoms with Crippen molar-refractivity contribution in [1.29, 1.82) is 0 Å². The second-order valence-electron chi connectivity index (χ2n) is 4.79. The lowest BCUT2D eigenvalue weighted by molar-refractivity contribution is -0.119. The average Bonchev–Trinajstić information content (AvgIpc) is 2.42. The van der Waals surface area contributed by atoms with Gasteiger partial charge in [0.15, 0.2) is 0 Å². The number of primary amides is 1. The minimum absolute atomic E-state index is 0.0920. The zero-order valence-electron chi connectivity index (χ0n) is 10.5. The molecule has 0 aliphatic carbocycles. The van der Waals surface area contributed by atoms with E-state index in [1.165, 1.54) is 0 Å². The summed E-state index contributed by atoms with van der Waals surface area (Å²) in [7, 11) is 0. The van der Waals surface area contributed by atoms with E-state index in [0.29, 0.717) is 17.0 Å². The maximum Gasteiger partial charge on any atom is 0.255 e. The molecule has 0 atom stereocenters. The highest BCUT2D eigenvalue weighted by molar-refractivity contribution is 5.97. The summed E-state index contributed by atoms with van der Waals surface area (Å²) in [5.41, 5.74) is 6.31. The molecule has 1 aromatic heterocycles. The number of amides is 2. The number of aryl methyl sites for hydroxylation is 2. The lowest BCUT2D eigenvalue weighted by atomic mass is 9.99. The molecule has 0 saturated heterocycles. The van der Waals surface area contributed by atoms with Gasteiger partial charge in [-0.1, -0.05) is 0 Å². The Morgan fingerprint density at radius 2 is 2.00 bits per heavy atom. The Hall–Kier alpha value is -1.85. The van der Waals surface area contributed by atoms with E-state index in [4.69, 9.17) is 5.73 Å². The number of H-pyrrole nitrogens is 1. The first-order valence-corrected chi connectivity index (χ1v) is 5.35. The summed E-state index contributed by atoms with van der Waals surface area (Å²) in [6, 6.07) is 0. The van der Waals surface area contributed by atoms with Crippen molar-refractivity contribution in [1.82, 2.24) is 15.5 Å². The predicted molar refractivity (Wildman–Crippen MR) is 63.4 cm³/mol. The van der Waals surface area contributed by atoms with Crippen LogP contribution in [-0.2, 0) is 4.79 Å². The number of hydrogen-bond donors (Lipinski definition) is 3. The van der Waals surface area contributed by atoms with E-state index in [0.717, 1.165) is 0 Å². The molecule has 0 spiro atoms. The van der Waals surface area contributed by atoms with Crippen molar-refractivity contribution in [3.05, 3.63) is 17.0 Å². The summed E-state index contributed by atoms with van der Waals surface area (Å²) >= 11 is 0. The molecular formula is C11H18N4O2. The first kappa shape index (κ1) is 13.2. The molecule has 0 aliphatic rings. The van der Waals surface area contributed by atoms with Crippen LogP contribution in [0, 0.1) is 13.8 Å². The summed E-state index contributed by atoms with van der Waals surface area (Å²) in [6.45, 7) is 7.02. The van der Waals surface area contributed by atoms with E-state index in [1.807, 2.05) is 0 Å².